The Balaban J connectivity index is 2.51. The van der Waals surface area contributed by atoms with Gasteiger partial charge in [0.05, 0.1) is 29.7 Å². The molecule has 0 amide bonds. The third-order valence-corrected chi connectivity index (χ3v) is 5.13. The molecule has 0 unspecified atom stereocenters. The lowest BCUT2D eigenvalue weighted by molar-refractivity contribution is -0.384. The van der Waals surface area contributed by atoms with Gasteiger partial charge in [-0.2, -0.15) is 0 Å². The molecular formula is C16H18N2O6S. The van der Waals surface area contributed by atoms with Crippen LogP contribution in [0.25, 0.3) is 0 Å². The fourth-order valence-corrected chi connectivity index (χ4v) is 3.74. The molecule has 2 aromatic carbocycles. The van der Waals surface area contributed by atoms with Gasteiger partial charge in [0.1, 0.15) is 11.5 Å². The van der Waals surface area contributed by atoms with Crippen LogP contribution in [-0.4, -0.2) is 27.6 Å². The maximum atomic E-state index is 12.7. The maximum Gasteiger partial charge on any atom is 0.271 e. The van der Waals surface area contributed by atoms with E-state index in [0.717, 1.165) is 6.07 Å². The topological polar surface area (TPSA) is 108 Å². The number of ether oxygens (including phenoxy) is 2. The molecular weight excluding hydrogens is 348 g/mol. The monoisotopic (exact) mass is 366 g/mol. The molecule has 134 valence electrons. The molecule has 0 atom stereocenters. The van der Waals surface area contributed by atoms with Gasteiger partial charge in [0.25, 0.3) is 15.7 Å². The number of nitrogens with one attached hydrogen (secondary N) is 1. The average Bonchev–Trinajstić information content (AvgIpc) is 2.55. The molecule has 8 nitrogen and oxygen atoms in total. The van der Waals surface area contributed by atoms with E-state index in [2.05, 4.69) is 4.72 Å². The molecule has 0 fully saturated rings. The summed E-state index contributed by atoms with van der Waals surface area (Å²) >= 11 is 0. The molecule has 0 heterocycles. The molecule has 0 spiro atoms. The number of benzene rings is 2. The largest absolute Gasteiger partial charge is 0.496 e. The van der Waals surface area contributed by atoms with Crippen molar-refractivity contribution in [1.82, 2.24) is 0 Å². The Hall–Kier alpha value is -2.81. The zero-order valence-electron chi connectivity index (χ0n) is 14.2. The molecule has 0 aliphatic carbocycles. The first-order valence-corrected chi connectivity index (χ1v) is 8.68. The van der Waals surface area contributed by atoms with Gasteiger partial charge in [-0.05, 0) is 43.2 Å². The maximum absolute atomic E-state index is 12.7. The summed E-state index contributed by atoms with van der Waals surface area (Å²) in [6.07, 6.45) is 0. The standard InChI is InChI=1S/C16H18N2O6S/c1-10-8-16(11(2)7-15(10)24-4)25(21,22)17-13-9-12(18(19)20)5-6-14(13)23-3/h5-9,17H,1-4H3. The van der Waals surface area contributed by atoms with Crippen molar-refractivity contribution in [3.8, 4) is 11.5 Å². The van der Waals surface area contributed by atoms with Crippen molar-refractivity contribution < 1.29 is 22.8 Å². The summed E-state index contributed by atoms with van der Waals surface area (Å²) < 4.78 is 38.1. The normalized spacial score (nSPS) is 11.0. The molecule has 0 aromatic heterocycles. The molecule has 0 bridgehead atoms. The highest BCUT2D eigenvalue weighted by molar-refractivity contribution is 7.92. The Morgan fingerprint density at radius 1 is 1.00 bits per heavy atom. The lowest BCUT2D eigenvalue weighted by atomic mass is 10.1. The van der Waals surface area contributed by atoms with E-state index in [1.807, 2.05) is 0 Å². The van der Waals surface area contributed by atoms with Crippen LogP contribution in [0.4, 0.5) is 11.4 Å². The van der Waals surface area contributed by atoms with Crippen LogP contribution < -0.4 is 14.2 Å². The number of sulfonamides is 1. The number of hydrogen-bond acceptors (Lipinski definition) is 6. The van der Waals surface area contributed by atoms with Crippen molar-refractivity contribution in [3.63, 3.8) is 0 Å². The van der Waals surface area contributed by atoms with Gasteiger partial charge in [0.15, 0.2) is 0 Å². The number of aryl methyl sites for hydroxylation is 2. The summed E-state index contributed by atoms with van der Waals surface area (Å²) in [5.74, 6) is 0.751. The summed E-state index contributed by atoms with van der Waals surface area (Å²) in [5, 5.41) is 10.9. The van der Waals surface area contributed by atoms with Crippen LogP contribution in [0.3, 0.4) is 0 Å². The molecule has 0 saturated heterocycles. The number of anilines is 1. The fourth-order valence-electron chi connectivity index (χ4n) is 2.36. The van der Waals surface area contributed by atoms with Gasteiger partial charge in [-0.3, -0.25) is 14.8 Å². The van der Waals surface area contributed by atoms with Gasteiger partial charge in [-0.15, -0.1) is 0 Å². The summed E-state index contributed by atoms with van der Waals surface area (Å²) in [7, 11) is -1.12. The second-order valence-electron chi connectivity index (χ2n) is 5.33. The third kappa shape index (κ3) is 3.82. The Morgan fingerprint density at radius 3 is 2.20 bits per heavy atom. The minimum Gasteiger partial charge on any atom is -0.496 e. The molecule has 2 aromatic rings. The molecule has 2 rings (SSSR count). The van der Waals surface area contributed by atoms with Crippen molar-refractivity contribution >= 4 is 21.4 Å². The van der Waals surface area contributed by atoms with E-state index in [1.54, 1.807) is 19.9 Å². The first kappa shape index (κ1) is 18.5. The Kier molecular flexibility index (Phi) is 5.17. The van der Waals surface area contributed by atoms with Crippen LogP contribution in [0.2, 0.25) is 0 Å². The van der Waals surface area contributed by atoms with Crippen LogP contribution in [-0.2, 0) is 10.0 Å². The molecule has 0 aliphatic heterocycles. The molecule has 9 heteroatoms. The van der Waals surface area contributed by atoms with Crippen LogP contribution in [0.1, 0.15) is 11.1 Å². The third-order valence-electron chi connectivity index (χ3n) is 3.62. The van der Waals surface area contributed by atoms with Gasteiger partial charge in [-0.25, -0.2) is 8.42 Å². The predicted octanol–water partition coefficient (Wildman–Crippen LogP) is 3.03. The van der Waals surface area contributed by atoms with E-state index < -0.39 is 14.9 Å². The highest BCUT2D eigenvalue weighted by Crippen LogP contribution is 2.32. The van der Waals surface area contributed by atoms with E-state index in [0.29, 0.717) is 16.9 Å². The smallest absolute Gasteiger partial charge is 0.271 e. The Bertz CT molecular complexity index is 924. The minimum atomic E-state index is -3.97. The van der Waals surface area contributed by atoms with Crippen LogP contribution >= 0.6 is 0 Å². The van der Waals surface area contributed by atoms with E-state index in [9.17, 15) is 18.5 Å². The zero-order chi connectivity index (χ0) is 18.8. The summed E-state index contributed by atoms with van der Waals surface area (Å²) in [6.45, 7) is 3.37. The summed E-state index contributed by atoms with van der Waals surface area (Å²) in [6, 6.07) is 6.79. The first-order valence-electron chi connectivity index (χ1n) is 7.20. The molecule has 0 aliphatic rings. The van der Waals surface area contributed by atoms with Crippen LogP contribution in [0.15, 0.2) is 35.2 Å². The molecule has 25 heavy (non-hydrogen) atoms. The molecule has 0 radical (unpaired) electrons. The molecule has 1 N–H and O–H groups in total. The predicted molar refractivity (Wildman–Crippen MR) is 92.9 cm³/mol. The van der Waals surface area contributed by atoms with Crippen molar-refractivity contribution in [2.24, 2.45) is 0 Å². The summed E-state index contributed by atoms with van der Waals surface area (Å²) in [4.78, 5) is 10.4. The fraction of sp³-hybridized carbons (Fsp3) is 0.250. The first-order chi connectivity index (χ1) is 11.7. The second-order valence-corrected chi connectivity index (χ2v) is 6.99. The number of nitro groups is 1. The van der Waals surface area contributed by atoms with Crippen LogP contribution in [0, 0.1) is 24.0 Å². The molecule has 0 saturated carbocycles. The Labute approximate surface area is 145 Å². The zero-order valence-corrected chi connectivity index (χ0v) is 15.0. The van der Waals surface area contributed by atoms with Gasteiger partial charge < -0.3 is 9.47 Å². The lowest BCUT2D eigenvalue weighted by Crippen LogP contribution is -2.15. The van der Waals surface area contributed by atoms with E-state index in [1.165, 1.54) is 32.4 Å². The lowest BCUT2D eigenvalue weighted by Gasteiger charge is -2.15. The quantitative estimate of drug-likeness (QED) is 0.622. The summed E-state index contributed by atoms with van der Waals surface area (Å²) in [5.41, 5.74) is 0.879. The number of rotatable bonds is 6. The minimum absolute atomic E-state index is 0.00966. The van der Waals surface area contributed by atoms with E-state index in [-0.39, 0.29) is 22.0 Å². The van der Waals surface area contributed by atoms with Gasteiger partial charge in [-0.1, -0.05) is 0 Å². The number of hydrogen-bond donors (Lipinski definition) is 1. The van der Waals surface area contributed by atoms with Gasteiger partial charge >= 0.3 is 0 Å². The highest BCUT2D eigenvalue weighted by Gasteiger charge is 2.22. The SMILES string of the molecule is COc1cc(C)c(S(=O)(=O)Nc2cc([N+](=O)[O-])ccc2OC)cc1C. The second kappa shape index (κ2) is 6.98. The van der Waals surface area contributed by atoms with Gasteiger partial charge in [0.2, 0.25) is 0 Å². The Morgan fingerprint density at radius 2 is 1.64 bits per heavy atom. The van der Waals surface area contributed by atoms with E-state index >= 15 is 0 Å². The number of nitrogens with zero attached hydrogens (tertiary/aromatic N) is 1. The number of nitro benzene ring substituents is 1. The van der Waals surface area contributed by atoms with Crippen molar-refractivity contribution in [3.05, 3.63) is 51.6 Å². The van der Waals surface area contributed by atoms with Crippen molar-refractivity contribution in [1.29, 1.82) is 0 Å². The van der Waals surface area contributed by atoms with Crippen molar-refractivity contribution in [2.45, 2.75) is 18.7 Å². The number of methoxy groups -OCH3 is 2. The highest BCUT2D eigenvalue weighted by atomic mass is 32.2. The van der Waals surface area contributed by atoms with E-state index in [4.69, 9.17) is 9.47 Å². The van der Waals surface area contributed by atoms with Crippen molar-refractivity contribution in [2.75, 3.05) is 18.9 Å². The average molecular weight is 366 g/mol. The number of non-ortho nitro benzene ring substituents is 1. The van der Waals surface area contributed by atoms with Gasteiger partial charge in [0, 0.05) is 12.1 Å². The van der Waals surface area contributed by atoms with Crippen LogP contribution in [0.5, 0.6) is 11.5 Å².